The number of nitrogens with zero attached hydrogens (tertiary/aromatic N) is 8. The highest BCUT2D eigenvalue weighted by Gasteiger charge is 2.03. The highest BCUT2D eigenvalue weighted by atomic mass is 15.6. The molecule has 0 saturated carbocycles. The Bertz CT molecular complexity index is 492. The maximum atomic E-state index is 8.19. The molecule has 13 heavy (non-hydrogen) atoms. The summed E-state index contributed by atoms with van der Waals surface area (Å²) in [5.74, 6) is 0.250. The quantitative estimate of drug-likeness (QED) is 0.363. The fourth-order valence-electron chi connectivity index (χ4n) is 0.965. The smallest absolute Gasteiger partial charge is 0.145 e. The zero-order valence-electron chi connectivity index (χ0n) is 6.66. The van der Waals surface area contributed by atoms with E-state index in [1.165, 1.54) is 4.63 Å². The molecule has 0 radical (unpaired) electrons. The number of rotatable bonds is 1. The Morgan fingerprint density at radius 2 is 2.46 bits per heavy atom. The van der Waals surface area contributed by atoms with Crippen LogP contribution in [0.25, 0.3) is 16.1 Å². The summed E-state index contributed by atoms with van der Waals surface area (Å²) in [6.45, 7) is 1.81. The average Bonchev–Trinajstić information content (AvgIpc) is 2.53. The van der Waals surface area contributed by atoms with Crippen molar-refractivity contribution in [2.75, 3.05) is 0 Å². The van der Waals surface area contributed by atoms with Crippen LogP contribution in [0.5, 0.6) is 0 Å². The minimum atomic E-state index is 0.250. The van der Waals surface area contributed by atoms with Gasteiger partial charge < -0.3 is 0 Å². The van der Waals surface area contributed by atoms with Gasteiger partial charge in [-0.2, -0.15) is 0 Å². The number of hydrogen-bond donors (Lipinski definition) is 0. The molecular formula is C5H4N8. The van der Waals surface area contributed by atoms with E-state index in [2.05, 4.69) is 30.7 Å². The highest BCUT2D eigenvalue weighted by Crippen LogP contribution is 2.12. The molecule has 2 aromatic rings. The Morgan fingerprint density at radius 3 is 3.23 bits per heavy atom. The lowest BCUT2D eigenvalue weighted by atomic mass is 10.3. The number of aromatic nitrogens is 5. The zero-order valence-corrected chi connectivity index (χ0v) is 6.66. The molecular weight excluding hydrogens is 172 g/mol. The molecule has 0 unspecified atom stereocenters. The zero-order chi connectivity index (χ0) is 9.26. The van der Waals surface area contributed by atoms with Crippen molar-refractivity contribution < 1.29 is 0 Å². The van der Waals surface area contributed by atoms with E-state index >= 15 is 0 Å². The Hall–Kier alpha value is -2.21. The number of aryl methyl sites for hydroxylation is 1. The van der Waals surface area contributed by atoms with Gasteiger partial charge in [-0.15, -0.1) is 14.8 Å². The van der Waals surface area contributed by atoms with Crippen LogP contribution in [0.15, 0.2) is 11.2 Å². The van der Waals surface area contributed by atoms with Crippen LogP contribution in [0.4, 0.5) is 5.82 Å². The van der Waals surface area contributed by atoms with Crippen molar-refractivity contribution >= 4 is 11.5 Å². The molecule has 0 amide bonds. The number of tetrazole rings is 1. The van der Waals surface area contributed by atoms with E-state index in [-0.39, 0.29) is 5.82 Å². The topological polar surface area (TPSA) is 105 Å². The van der Waals surface area contributed by atoms with Crippen molar-refractivity contribution in [1.82, 2.24) is 25.3 Å². The summed E-state index contributed by atoms with van der Waals surface area (Å²) >= 11 is 0. The minimum absolute atomic E-state index is 0.250. The van der Waals surface area contributed by atoms with E-state index in [0.717, 1.165) is 5.56 Å². The molecule has 0 atom stereocenters. The first-order valence-electron chi connectivity index (χ1n) is 3.42. The molecule has 0 spiro atoms. The van der Waals surface area contributed by atoms with Crippen LogP contribution < -0.4 is 0 Å². The van der Waals surface area contributed by atoms with Gasteiger partial charge in [0.05, 0.1) is 0 Å². The van der Waals surface area contributed by atoms with Crippen LogP contribution in [0.2, 0.25) is 0 Å². The lowest BCUT2D eigenvalue weighted by molar-refractivity contribution is 0.732. The SMILES string of the molecule is Cc1cc(N=[N+]=[N-])nn2nnnc12. The van der Waals surface area contributed by atoms with Crippen molar-refractivity contribution in [3.8, 4) is 0 Å². The number of azide groups is 1. The summed E-state index contributed by atoms with van der Waals surface area (Å²) in [6.07, 6.45) is 0. The van der Waals surface area contributed by atoms with E-state index in [0.29, 0.717) is 5.65 Å². The average molecular weight is 176 g/mol. The molecule has 64 valence electrons. The van der Waals surface area contributed by atoms with Crippen LogP contribution in [0.3, 0.4) is 0 Å². The third-order valence-electron chi connectivity index (χ3n) is 1.50. The van der Waals surface area contributed by atoms with Gasteiger partial charge in [0.1, 0.15) is 5.82 Å². The van der Waals surface area contributed by atoms with Crippen molar-refractivity contribution in [1.29, 1.82) is 0 Å². The second-order valence-corrected chi connectivity index (χ2v) is 2.37. The molecule has 0 fully saturated rings. The summed E-state index contributed by atoms with van der Waals surface area (Å²) in [6, 6.07) is 1.62. The number of fused-ring (bicyclic) bond motifs is 1. The first-order valence-corrected chi connectivity index (χ1v) is 3.42. The third kappa shape index (κ3) is 1.14. The van der Waals surface area contributed by atoms with Gasteiger partial charge in [0.25, 0.3) is 0 Å². The normalized spacial score (nSPS) is 9.92. The summed E-state index contributed by atoms with van der Waals surface area (Å²) in [5.41, 5.74) is 9.55. The van der Waals surface area contributed by atoms with Gasteiger partial charge in [0.2, 0.25) is 5.65 Å². The second kappa shape index (κ2) is 2.68. The van der Waals surface area contributed by atoms with Crippen LogP contribution in [-0.2, 0) is 0 Å². The first kappa shape index (κ1) is 7.44. The van der Waals surface area contributed by atoms with Crippen molar-refractivity contribution in [3.05, 3.63) is 22.1 Å². The van der Waals surface area contributed by atoms with Gasteiger partial charge in [0, 0.05) is 4.91 Å². The predicted octanol–water partition coefficient (Wildman–Crippen LogP) is 0.770. The van der Waals surface area contributed by atoms with Gasteiger partial charge >= 0.3 is 0 Å². The van der Waals surface area contributed by atoms with E-state index in [1.807, 2.05) is 6.92 Å². The second-order valence-electron chi connectivity index (χ2n) is 2.37. The Morgan fingerprint density at radius 1 is 1.62 bits per heavy atom. The molecule has 8 heteroatoms. The standard InChI is InChI=1S/C5H4N8/c1-3-2-4(7-10-6)9-13-5(3)8-11-12-13/h2H,1H3. The maximum Gasteiger partial charge on any atom is 0.202 e. The Labute approximate surface area is 71.8 Å². The molecule has 0 aliphatic heterocycles. The molecule has 0 N–H and O–H groups in total. The molecule has 2 aromatic heterocycles. The summed E-state index contributed by atoms with van der Waals surface area (Å²) < 4.78 is 1.22. The van der Waals surface area contributed by atoms with Crippen molar-refractivity contribution in [2.45, 2.75) is 6.92 Å². The van der Waals surface area contributed by atoms with Crippen LogP contribution in [0.1, 0.15) is 5.56 Å². The molecule has 2 rings (SSSR count). The van der Waals surface area contributed by atoms with E-state index < -0.39 is 0 Å². The summed E-state index contributed by atoms with van der Waals surface area (Å²) in [5, 5.41) is 17.9. The Balaban J connectivity index is 2.76. The third-order valence-corrected chi connectivity index (χ3v) is 1.50. The van der Waals surface area contributed by atoms with E-state index in [1.54, 1.807) is 6.07 Å². The van der Waals surface area contributed by atoms with E-state index in [4.69, 9.17) is 5.53 Å². The van der Waals surface area contributed by atoms with E-state index in [9.17, 15) is 0 Å². The molecule has 0 aliphatic rings. The lowest BCUT2D eigenvalue weighted by Crippen LogP contribution is -1.95. The predicted molar refractivity (Wildman–Crippen MR) is 42.1 cm³/mol. The minimum Gasteiger partial charge on any atom is -0.145 e. The van der Waals surface area contributed by atoms with Crippen molar-refractivity contribution in [2.24, 2.45) is 5.11 Å². The monoisotopic (exact) mass is 176 g/mol. The van der Waals surface area contributed by atoms with Gasteiger partial charge in [-0.05, 0) is 39.6 Å². The molecule has 8 nitrogen and oxygen atoms in total. The van der Waals surface area contributed by atoms with Gasteiger partial charge in [-0.1, -0.05) is 0 Å². The maximum absolute atomic E-state index is 8.19. The largest absolute Gasteiger partial charge is 0.202 e. The highest BCUT2D eigenvalue weighted by molar-refractivity contribution is 5.47. The molecule has 0 saturated heterocycles. The van der Waals surface area contributed by atoms with Gasteiger partial charge in [0.15, 0.2) is 0 Å². The fraction of sp³-hybridized carbons (Fsp3) is 0.200. The van der Waals surface area contributed by atoms with Crippen LogP contribution in [0, 0.1) is 6.92 Å². The summed E-state index contributed by atoms with van der Waals surface area (Å²) in [7, 11) is 0. The van der Waals surface area contributed by atoms with Crippen LogP contribution in [-0.4, -0.2) is 25.3 Å². The van der Waals surface area contributed by atoms with Gasteiger partial charge in [-0.3, -0.25) is 0 Å². The summed E-state index contributed by atoms with van der Waals surface area (Å²) in [4.78, 5) is 2.62. The Kier molecular flexibility index (Phi) is 1.54. The van der Waals surface area contributed by atoms with Crippen LogP contribution >= 0.6 is 0 Å². The molecule has 0 bridgehead atoms. The van der Waals surface area contributed by atoms with Crippen molar-refractivity contribution in [3.63, 3.8) is 0 Å². The lowest BCUT2D eigenvalue weighted by Gasteiger charge is -1.94. The fourth-order valence-corrected chi connectivity index (χ4v) is 0.965. The molecule has 0 aliphatic carbocycles. The van der Waals surface area contributed by atoms with Gasteiger partial charge in [-0.25, -0.2) is 0 Å². The first-order chi connectivity index (χ1) is 6.31. The molecule has 2 heterocycles. The molecule has 0 aromatic carbocycles. The number of hydrogen-bond acceptors (Lipinski definition) is 5.